The van der Waals surface area contributed by atoms with E-state index in [0.717, 1.165) is 18.5 Å². The van der Waals surface area contributed by atoms with Crippen LogP contribution < -0.4 is 5.32 Å². The van der Waals surface area contributed by atoms with Crippen LogP contribution in [0.3, 0.4) is 0 Å². The molecule has 1 aliphatic heterocycles. The Balaban J connectivity index is 2.26. The third-order valence-electron chi connectivity index (χ3n) is 3.71. The monoisotopic (exact) mass is 268 g/mol. The molecule has 0 aromatic carbocycles. The van der Waals surface area contributed by atoms with Crippen LogP contribution in [-0.4, -0.2) is 50.2 Å². The van der Waals surface area contributed by atoms with Gasteiger partial charge in [-0.1, -0.05) is 19.9 Å². The van der Waals surface area contributed by atoms with Gasteiger partial charge in [-0.2, -0.15) is 0 Å². The van der Waals surface area contributed by atoms with Gasteiger partial charge < -0.3 is 15.0 Å². The third-order valence-corrected chi connectivity index (χ3v) is 3.71. The molecule has 19 heavy (non-hydrogen) atoms. The van der Waals surface area contributed by atoms with E-state index < -0.39 is 0 Å². The minimum atomic E-state index is -0.206. The number of ether oxygens (including phenoxy) is 1. The fraction of sp³-hybridized carbons (Fsp3) is 0.800. The molecule has 1 saturated heterocycles. The summed E-state index contributed by atoms with van der Waals surface area (Å²) in [6.45, 7) is 8.56. The van der Waals surface area contributed by atoms with Crippen molar-refractivity contribution >= 4 is 5.97 Å². The van der Waals surface area contributed by atoms with E-state index in [4.69, 9.17) is 4.74 Å². The number of methoxy groups -OCH3 is 1. The second kappa shape index (κ2) is 9.10. The molecule has 4 heteroatoms. The van der Waals surface area contributed by atoms with Gasteiger partial charge in [0.25, 0.3) is 0 Å². The number of hydrogen-bond acceptors (Lipinski definition) is 4. The summed E-state index contributed by atoms with van der Waals surface area (Å²) in [5.74, 6) is -0.206. The van der Waals surface area contributed by atoms with Gasteiger partial charge >= 0.3 is 5.97 Å². The molecule has 0 amide bonds. The topological polar surface area (TPSA) is 41.6 Å². The van der Waals surface area contributed by atoms with Crippen molar-refractivity contribution in [3.63, 3.8) is 0 Å². The van der Waals surface area contributed by atoms with Crippen molar-refractivity contribution in [2.75, 3.05) is 33.3 Å². The highest BCUT2D eigenvalue weighted by Crippen LogP contribution is 2.10. The maximum absolute atomic E-state index is 11.4. The largest absolute Gasteiger partial charge is 0.466 e. The molecule has 0 aliphatic carbocycles. The molecule has 0 unspecified atom stereocenters. The molecule has 0 bridgehead atoms. The number of nitrogens with one attached hydrogen (secondary N) is 1. The molecular formula is C15H28N2O2. The molecule has 1 fully saturated rings. The predicted molar refractivity (Wildman–Crippen MR) is 78.1 cm³/mol. The van der Waals surface area contributed by atoms with Crippen LogP contribution in [0.2, 0.25) is 0 Å². The van der Waals surface area contributed by atoms with Crippen LogP contribution in [0.4, 0.5) is 0 Å². The van der Waals surface area contributed by atoms with Crippen LogP contribution in [-0.2, 0) is 9.53 Å². The Bertz CT molecular complexity index is 295. The zero-order chi connectivity index (χ0) is 14.1. The zero-order valence-corrected chi connectivity index (χ0v) is 12.6. The number of nitrogens with zero attached hydrogens (tertiary/aromatic N) is 1. The van der Waals surface area contributed by atoms with E-state index in [2.05, 4.69) is 17.1 Å². The highest BCUT2D eigenvalue weighted by atomic mass is 16.5. The van der Waals surface area contributed by atoms with Gasteiger partial charge in [0.05, 0.1) is 7.11 Å². The van der Waals surface area contributed by atoms with Crippen molar-refractivity contribution < 1.29 is 9.53 Å². The van der Waals surface area contributed by atoms with Gasteiger partial charge in [0, 0.05) is 18.2 Å². The van der Waals surface area contributed by atoms with Crippen LogP contribution in [0.15, 0.2) is 11.6 Å². The lowest BCUT2D eigenvalue weighted by atomic mass is 10.0. The number of piperidine rings is 1. The highest BCUT2D eigenvalue weighted by Gasteiger charge is 2.17. The second-order valence-electron chi connectivity index (χ2n) is 5.10. The molecule has 0 atom stereocenters. The van der Waals surface area contributed by atoms with Gasteiger partial charge in [0.2, 0.25) is 0 Å². The van der Waals surface area contributed by atoms with Crippen molar-refractivity contribution in [3.8, 4) is 0 Å². The van der Waals surface area contributed by atoms with E-state index in [0.29, 0.717) is 6.04 Å². The van der Waals surface area contributed by atoms with Gasteiger partial charge in [-0.3, -0.25) is 0 Å². The molecule has 1 aliphatic rings. The van der Waals surface area contributed by atoms with Gasteiger partial charge in [0.1, 0.15) is 0 Å². The number of carbonyl (C=O) groups is 1. The van der Waals surface area contributed by atoms with Gasteiger partial charge in [-0.25, -0.2) is 4.79 Å². The smallest absolute Gasteiger partial charge is 0.333 e. The van der Waals surface area contributed by atoms with Crippen molar-refractivity contribution in [2.45, 2.75) is 45.6 Å². The van der Waals surface area contributed by atoms with Crippen molar-refractivity contribution in [3.05, 3.63) is 11.6 Å². The van der Waals surface area contributed by atoms with Crippen LogP contribution in [0.1, 0.15) is 39.5 Å². The van der Waals surface area contributed by atoms with Crippen molar-refractivity contribution in [2.24, 2.45) is 0 Å². The van der Waals surface area contributed by atoms with Crippen LogP contribution >= 0.6 is 0 Å². The fourth-order valence-electron chi connectivity index (χ4n) is 2.53. The SMILES string of the molecule is CCCN1CCC(NC/C=C(/CC)C(=O)OC)CC1. The number of carbonyl (C=O) groups excluding carboxylic acids is 1. The molecular weight excluding hydrogens is 240 g/mol. The summed E-state index contributed by atoms with van der Waals surface area (Å²) in [6.07, 6.45) is 6.33. The highest BCUT2D eigenvalue weighted by molar-refractivity contribution is 5.88. The number of esters is 1. The first-order valence-electron chi connectivity index (χ1n) is 7.44. The van der Waals surface area contributed by atoms with E-state index in [9.17, 15) is 4.79 Å². The first-order chi connectivity index (χ1) is 9.21. The number of likely N-dealkylation sites (tertiary alicyclic amines) is 1. The predicted octanol–water partition coefficient (Wildman–Crippen LogP) is 1.96. The maximum Gasteiger partial charge on any atom is 0.333 e. The van der Waals surface area contributed by atoms with Crippen molar-refractivity contribution in [1.29, 1.82) is 0 Å². The minimum Gasteiger partial charge on any atom is -0.466 e. The standard InChI is InChI=1S/C15H28N2O2/c1-4-10-17-11-7-14(8-12-17)16-9-6-13(5-2)15(18)19-3/h6,14,16H,4-5,7-12H2,1-3H3/b13-6-. The molecule has 1 N–H and O–H groups in total. The molecule has 0 radical (unpaired) electrons. The summed E-state index contributed by atoms with van der Waals surface area (Å²) < 4.78 is 4.75. The summed E-state index contributed by atoms with van der Waals surface area (Å²) in [7, 11) is 1.43. The Morgan fingerprint density at radius 2 is 2.05 bits per heavy atom. The molecule has 1 rings (SSSR count). The Labute approximate surface area is 117 Å². The molecule has 0 saturated carbocycles. The Kier molecular flexibility index (Phi) is 7.75. The lowest BCUT2D eigenvalue weighted by Crippen LogP contribution is -2.42. The maximum atomic E-state index is 11.4. The minimum absolute atomic E-state index is 0.206. The molecule has 1 heterocycles. The summed E-state index contributed by atoms with van der Waals surface area (Å²) in [6, 6.07) is 0.583. The fourth-order valence-corrected chi connectivity index (χ4v) is 2.53. The normalized spacial score (nSPS) is 18.6. The van der Waals surface area contributed by atoms with E-state index in [1.54, 1.807) is 0 Å². The van der Waals surface area contributed by atoms with E-state index in [1.165, 1.54) is 46.0 Å². The molecule has 110 valence electrons. The summed E-state index contributed by atoms with van der Waals surface area (Å²) in [5, 5.41) is 3.52. The number of rotatable bonds is 7. The molecule has 0 spiro atoms. The molecule has 4 nitrogen and oxygen atoms in total. The van der Waals surface area contributed by atoms with E-state index in [1.807, 2.05) is 13.0 Å². The quantitative estimate of drug-likeness (QED) is 0.566. The zero-order valence-electron chi connectivity index (χ0n) is 12.6. The molecule has 0 aromatic heterocycles. The lowest BCUT2D eigenvalue weighted by molar-refractivity contribution is -0.136. The Morgan fingerprint density at radius 3 is 2.58 bits per heavy atom. The van der Waals surface area contributed by atoms with E-state index in [-0.39, 0.29) is 5.97 Å². The van der Waals surface area contributed by atoms with Crippen LogP contribution in [0, 0.1) is 0 Å². The Hall–Kier alpha value is -0.870. The summed E-state index contributed by atoms with van der Waals surface area (Å²) >= 11 is 0. The van der Waals surface area contributed by atoms with Crippen molar-refractivity contribution in [1.82, 2.24) is 10.2 Å². The van der Waals surface area contributed by atoms with E-state index >= 15 is 0 Å². The number of hydrogen-bond donors (Lipinski definition) is 1. The van der Waals surface area contributed by atoms with Gasteiger partial charge in [-0.05, 0) is 45.3 Å². The van der Waals surface area contributed by atoms with Crippen LogP contribution in [0.25, 0.3) is 0 Å². The first kappa shape index (κ1) is 16.2. The molecule has 0 aromatic rings. The third kappa shape index (κ3) is 5.74. The summed E-state index contributed by atoms with van der Waals surface area (Å²) in [5.41, 5.74) is 0.762. The van der Waals surface area contributed by atoms with Gasteiger partial charge in [-0.15, -0.1) is 0 Å². The first-order valence-corrected chi connectivity index (χ1v) is 7.44. The second-order valence-corrected chi connectivity index (χ2v) is 5.10. The lowest BCUT2D eigenvalue weighted by Gasteiger charge is -2.32. The Morgan fingerprint density at radius 1 is 1.37 bits per heavy atom. The van der Waals surface area contributed by atoms with Gasteiger partial charge in [0.15, 0.2) is 0 Å². The van der Waals surface area contributed by atoms with Crippen LogP contribution in [0.5, 0.6) is 0 Å². The average Bonchev–Trinajstić information content (AvgIpc) is 2.45. The summed E-state index contributed by atoms with van der Waals surface area (Å²) in [4.78, 5) is 13.9. The average molecular weight is 268 g/mol.